The van der Waals surface area contributed by atoms with Gasteiger partial charge in [-0.05, 0) is 102 Å². The van der Waals surface area contributed by atoms with E-state index >= 15 is 0 Å². The van der Waals surface area contributed by atoms with Gasteiger partial charge in [-0.1, -0.05) is 267 Å². The van der Waals surface area contributed by atoms with Gasteiger partial charge in [-0.2, -0.15) is 0 Å². The number of benzene rings is 12. The molecule has 1 aliphatic carbocycles. The molecule has 2 heterocycles. The second-order valence-corrected chi connectivity index (χ2v) is 24.0. The first-order chi connectivity index (χ1) is 37.8. The van der Waals surface area contributed by atoms with E-state index in [0.717, 1.165) is 11.4 Å². The largest absolute Gasteiger partial charge is 0.307 e. The molecule has 0 fully saturated rings. The Kier molecular flexibility index (Phi) is 10.2. The lowest BCUT2D eigenvalue weighted by Gasteiger charge is -2.35. The third-order valence-corrected chi connectivity index (χ3v) is 21.4. The molecular weight excluding hydrogens is 933 g/mol. The maximum Gasteiger partial charge on any atom is 0.179 e. The Balaban J connectivity index is 0.981. The first kappa shape index (κ1) is 44.0. The van der Waals surface area contributed by atoms with Gasteiger partial charge in [-0.3, -0.25) is 0 Å². The summed E-state index contributed by atoms with van der Waals surface area (Å²) in [5.41, 5.74) is 16.6. The summed E-state index contributed by atoms with van der Waals surface area (Å²) in [5.74, 6) is 0. The summed E-state index contributed by atoms with van der Waals surface area (Å²) in [5, 5.41) is 10.3. The zero-order valence-corrected chi connectivity index (χ0v) is 42.8. The minimum absolute atomic E-state index is 0.556. The van der Waals surface area contributed by atoms with Crippen LogP contribution in [-0.2, 0) is 5.41 Å². The van der Waals surface area contributed by atoms with E-state index in [1.165, 1.54) is 109 Å². The van der Waals surface area contributed by atoms with Crippen LogP contribution in [0.2, 0.25) is 0 Å². The fourth-order valence-electron chi connectivity index (χ4n) is 13.6. The molecule has 12 aromatic carbocycles. The highest BCUT2D eigenvalue weighted by Gasteiger charge is 2.48. The third-order valence-electron chi connectivity index (χ3n) is 16.6. The lowest BCUT2D eigenvalue weighted by molar-refractivity contribution is 0.770. The predicted molar refractivity (Wildman–Crippen MR) is 321 cm³/mol. The van der Waals surface area contributed by atoms with E-state index in [0.29, 0.717) is 0 Å². The maximum absolute atomic E-state index is 2.75. The smallest absolute Gasteiger partial charge is 0.179 e. The molecule has 0 aliphatic heterocycles. The molecule has 3 heteroatoms. The lowest BCUT2D eigenvalue weighted by Crippen LogP contribution is -2.74. The monoisotopic (exact) mass is 982 g/mol. The molecule has 0 saturated carbocycles. The van der Waals surface area contributed by atoms with Gasteiger partial charge in [0.1, 0.15) is 0 Å². The van der Waals surface area contributed by atoms with Crippen molar-refractivity contribution in [3.63, 3.8) is 0 Å². The van der Waals surface area contributed by atoms with Crippen LogP contribution in [0.25, 0.3) is 77.2 Å². The molecule has 1 aliphatic rings. The Morgan fingerprint density at radius 2 is 0.697 bits per heavy atom. The van der Waals surface area contributed by atoms with Gasteiger partial charge in [-0.15, -0.1) is 0 Å². The van der Waals surface area contributed by atoms with Crippen LogP contribution in [0.4, 0.5) is 0 Å². The zero-order chi connectivity index (χ0) is 50.2. The highest BCUT2D eigenvalue weighted by molar-refractivity contribution is 7.19. The van der Waals surface area contributed by atoms with Gasteiger partial charge in [0, 0.05) is 27.2 Å². The SMILES string of the molecule is c1ccc(C2(c3ccccc3)c3ccccc3-c3cccc(-c4cccc5c4c4ccccc4n5-c4cccc5c6ccccc6n(-c6ccc([Si](c7ccccc7)(c7ccccc7)c7ccccc7)cc6)c45)c32)cc1. The van der Waals surface area contributed by atoms with Crippen molar-refractivity contribution in [1.82, 2.24) is 9.13 Å². The van der Waals surface area contributed by atoms with Crippen molar-refractivity contribution in [3.05, 3.63) is 326 Å². The molecule has 356 valence electrons. The van der Waals surface area contributed by atoms with Gasteiger partial charge >= 0.3 is 0 Å². The lowest BCUT2D eigenvalue weighted by atomic mass is 9.66. The average molecular weight is 983 g/mol. The van der Waals surface area contributed by atoms with Crippen LogP contribution >= 0.6 is 0 Å². The molecule has 14 aromatic rings. The van der Waals surface area contributed by atoms with Crippen LogP contribution < -0.4 is 20.7 Å². The topological polar surface area (TPSA) is 9.86 Å². The molecule has 0 bridgehead atoms. The van der Waals surface area contributed by atoms with Crippen molar-refractivity contribution in [2.24, 2.45) is 0 Å². The summed E-state index contributed by atoms with van der Waals surface area (Å²) in [7, 11) is -2.75. The fourth-order valence-corrected chi connectivity index (χ4v) is 18.3. The Hall–Kier alpha value is -9.54. The van der Waals surface area contributed by atoms with Gasteiger partial charge in [0.05, 0.1) is 33.2 Å². The summed E-state index contributed by atoms with van der Waals surface area (Å²) in [6, 6.07) is 113. The number of fused-ring (bicyclic) bond motifs is 9. The Labute approximate surface area is 443 Å². The van der Waals surface area contributed by atoms with Crippen molar-refractivity contribution < 1.29 is 0 Å². The van der Waals surface area contributed by atoms with E-state index < -0.39 is 13.5 Å². The van der Waals surface area contributed by atoms with Crippen LogP contribution in [-0.4, -0.2) is 17.2 Å². The van der Waals surface area contributed by atoms with E-state index in [2.05, 4.69) is 312 Å². The molecule has 0 spiro atoms. The van der Waals surface area contributed by atoms with Crippen LogP contribution in [0.5, 0.6) is 0 Å². The molecule has 2 aromatic heterocycles. The molecule has 15 rings (SSSR count). The second-order valence-electron chi connectivity index (χ2n) is 20.2. The molecular formula is C73H50N2Si. The third kappa shape index (κ3) is 6.27. The van der Waals surface area contributed by atoms with Gasteiger partial charge < -0.3 is 9.13 Å². The fraction of sp³-hybridized carbons (Fsp3) is 0.0137. The van der Waals surface area contributed by atoms with E-state index in [1.54, 1.807) is 0 Å². The molecule has 0 N–H and O–H groups in total. The molecule has 2 nitrogen and oxygen atoms in total. The highest BCUT2D eigenvalue weighted by Crippen LogP contribution is 2.59. The second kappa shape index (κ2) is 17.6. The van der Waals surface area contributed by atoms with E-state index in [1.807, 2.05) is 0 Å². The molecule has 76 heavy (non-hydrogen) atoms. The Morgan fingerprint density at radius 3 is 1.32 bits per heavy atom. The molecule has 0 radical (unpaired) electrons. The van der Waals surface area contributed by atoms with Crippen LogP contribution in [0.15, 0.2) is 303 Å². The number of hydrogen-bond acceptors (Lipinski definition) is 0. The molecule has 0 saturated heterocycles. The average Bonchev–Trinajstić information content (AvgIpc) is 4.16. The Morgan fingerprint density at radius 1 is 0.276 bits per heavy atom. The van der Waals surface area contributed by atoms with Crippen LogP contribution in [0, 0.1) is 0 Å². The van der Waals surface area contributed by atoms with Crippen molar-refractivity contribution in [3.8, 4) is 33.6 Å². The standard InChI is InChI=1S/C73H50N2Si/c1-6-25-51(26-7-1)73(52-27-8-2-9-28-52)65-42-19-16-35-58(65)61-39-22-40-62(71(61)73)60-38-23-45-68-70(60)64-37-18-21-44-67(64)75(68)69-46-24-41-63-59-36-17-20-43-66(59)74(72(63)69)53-47-49-57(50-48-53)76(54-29-10-3-11-30-54,55-31-12-4-13-32-55)56-33-14-5-15-34-56/h1-50H. The van der Waals surface area contributed by atoms with E-state index in [-0.39, 0.29) is 0 Å². The van der Waals surface area contributed by atoms with Gasteiger partial charge in [0.25, 0.3) is 0 Å². The van der Waals surface area contributed by atoms with Crippen molar-refractivity contribution in [2.75, 3.05) is 0 Å². The van der Waals surface area contributed by atoms with Gasteiger partial charge in [0.15, 0.2) is 8.07 Å². The quantitative estimate of drug-likeness (QED) is 0.101. The van der Waals surface area contributed by atoms with Gasteiger partial charge in [0.2, 0.25) is 0 Å². The van der Waals surface area contributed by atoms with Crippen molar-refractivity contribution >= 4 is 72.4 Å². The first-order valence-corrected chi connectivity index (χ1v) is 28.4. The van der Waals surface area contributed by atoms with E-state index in [4.69, 9.17) is 0 Å². The van der Waals surface area contributed by atoms with Gasteiger partial charge in [-0.25, -0.2) is 0 Å². The molecule has 0 atom stereocenters. The number of hydrogen-bond donors (Lipinski definition) is 0. The van der Waals surface area contributed by atoms with Crippen molar-refractivity contribution in [2.45, 2.75) is 5.41 Å². The highest BCUT2D eigenvalue weighted by atomic mass is 28.3. The number of rotatable bonds is 9. The summed E-state index contributed by atoms with van der Waals surface area (Å²) < 4.78 is 5.05. The molecule has 0 amide bonds. The van der Waals surface area contributed by atoms with Crippen LogP contribution in [0.3, 0.4) is 0 Å². The Bertz CT molecular complexity index is 4350. The summed E-state index contributed by atoms with van der Waals surface area (Å²) >= 11 is 0. The zero-order valence-electron chi connectivity index (χ0n) is 41.8. The minimum atomic E-state index is -2.75. The summed E-state index contributed by atoms with van der Waals surface area (Å²) in [6.07, 6.45) is 0. The summed E-state index contributed by atoms with van der Waals surface area (Å²) in [4.78, 5) is 0. The summed E-state index contributed by atoms with van der Waals surface area (Å²) in [6.45, 7) is 0. The number of aromatic nitrogens is 2. The van der Waals surface area contributed by atoms with E-state index in [9.17, 15) is 0 Å². The predicted octanol–water partition coefficient (Wildman–Crippen LogP) is 15.3. The molecule has 0 unspecified atom stereocenters. The van der Waals surface area contributed by atoms with Crippen LogP contribution in [0.1, 0.15) is 22.3 Å². The number of para-hydroxylation sites is 3. The maximum atomic E-state index is 2.54. The number of nitrogens with zero attached hydrogens (tertiary/aromatic N) is 2. The normalized spacial score (nSPS) is 12.8. The van der Waals surface area contributed by atoms with Crippen molar-refractivity contribution in [1.29, 1.82) is 0 Å². The first-order valence-electron chi connectivity index (χ1n) is 26.4. The minimum Gasteiger partial charge on any atom is -0.307 e.